The highest BCUT2D eigenvalue weighted by Gasteiger charge is 2.27. The molecule has 0 spiro atoms. The number of nitrogens with one attached hydrogen (secondary N) is 1. The van der Waals surface area contributed by atoms with Crippen LogP contribution in [0, 0.1) is 5.92 Å². The first-order valence-corrected chi connectivity index (χ1v) is 9.95. The third-order valence-corrected chi connectivity index (χ3v) is 5.44. The minimum Gasteiger partial charge on any atom is -0.356 e. The van der Waals surface area contributed by atoms with Gasteiger partial charge in [-0.15, -0.1) is 0 Å². The van der Waals surface area contributed by atoms with Gasteiger partial charge in [0.2, 0.25) is 17.2 Å². The summed E-state index contributed by atoms with van der Waals surface area (Å²) >= 11 is 0. The summed E-state index contributed by atoms with van der Waals surface area (Å²) in [4.78, 5) is 25.4. The Morgan fingerprint density at radius 3 is 2.30 bits per heavy atom. The van der Waals surface area contributed by atoms with Crippen LogP contribution in [-0.2, 0) is 4.79 Å². The minimum atomic E-state index is 0.0206. The monoisotopic (exact) mass is 373 g/mol. The second-order valence-corrected chi connectivity index (χ2v) is 7.57. The fourth-order valence-corrected chi connectivity index (χ4v) is 4.04. The standard InChI is InChI=1S/C18H27N7O2/c1-13(26)19-11-14-7-6-10-25(12-14)18-17(24-8-4-2-3-5-9-24)20-15-16(21-18)23-27-22-15/h14H,2-12H2,1H3,(H,19,26)/t14-/m0/s1. The molecule has 9 nitrogen and oxygen atoms in total. The third-order valence-electron chi connectivity index (χ3n) is 5.44. The van der Waals surface area contributed by atoms with Crippen molar-refractivity contribution < 1.29 is 9.42 Å². The quantitative estimate of drug-likeness (QED) is 0.865. The number of anilines is 2. The molecule has 2 aliphatic heterocycles. The zero-order valence-corrected chi connectivity index (χ0v) is 15.9. The van der Waals surface area contributed by atoms with Crippen LogP contribution >= 0.6 is 0 Å². The largest absolute Gasteiger partial charge is 0.356 e. The Labute approximate surface area is 158 Å². The molecule has 4 rings (SSSR count). The molecule has 4 heterocycles. The lowest BCUT2D eigenvalue weighted by Gasteiger charge is -2.35. The van der Waals surface area contributed by atoms with E-state index in [2.05, 4.69) is 25.4 Å². The zero-order valence-electron chi connectivity index (χ0n) is 15.9. The maximum atomic E-state index is 11.3. The van der Waals surface area contributed by atoms with Gasteiger partial charge < -0.3 is 15.1 Å². The molecule has 2 fully saturated rings. The fourth-order valence-electron chi connectivity index (χ4n) is 4.04. The van der Waals surface area contributed by atoms with E-state index in [0.717, 1.165) is 50.7 Å². The van der Waals surface area contributed by atoms with Crippen LogP contribution in [0.25, 0.3) is 11.3 Å². The van der Waals surface area contributed by atoms with E-state index in [1.54, 1.807) is 6.92 Å². The zero-order chi connectivity index (χ0) is 18.6. The predicted octanol–water partition coefficient (Wildman–Crippen LogP) is 1.75. The molecule has 1 amide bonds. The number of piperidine rings is 1. The van der Waals surface area contributed by atoms with Crippen molar-refractivity contribution in [2.45, 2.75) is 45.4 Å². The van der Waals surface area contributed by atoms with Crippen LogP contribution < -0.4 is 15.1 Å². The van der Waals surface area contributed by atoms with Crippen LogP contribution in [0.1, 0.15) is 45.4 Å². The van der Waals surface area contributed by atoms with Crippen LogP contribution in [0.4, 0.5) is 11.6 Å². The summed E-state index contributed by atoms with van der Waals surface area (Å²) < 4.78 is 4.85. The lowest BCUT2D eigenvalue weighted by Crippen LogP contribution is -2.42. The summed E-state index contributed by atoms with van der Waals surface area (Å²) in [6.07, 6.45) is 7.03. The summed E-state index contributed by atoms with van der Waals surface area (Å²) in [6, 6.07) is 0. The molecule has 0 radical (unpaired) electrons. The molecular weight excluding hydrogens is 346 g/mol. The predicted molar refractivity (Wildman–Crippen MR) is 102 cm³/mol. The Kier molecular flexibility index (Phi) is 5.35. The van der Waals surface area contributed by atoms with Gasteiger partial charge >= 0.3 is 0 Å². The summed E-state index contributed by atoms with van der Waals surface area (Å²) in [5.74, 6) is 2.19. The second-order valence-electron chi connectivity index (χ2n) is 7.57. The number of aromatic nitrogens is 4. The lowest BCUT2D eigenvalue weighted by molar-refractivity contribution is -0.119. The molecule has 0 unspecified atom stereocenters. The normalized spacial score (nSPS) is 21.3. The first-order chi connectivity index (χ1) is 13.2. The van der Waals surface area contributed by atoms with Gasteiger partial charge in [0.25, 0.3) is 0 Å². The number of hydrogen-bond donors (Lipinski definition) is 1. The van der Waals surface area contributed by atoms with Gasteiger partial charge in [-0.1, -0.05) is 12.8 Å². The van der Waals surface area contributed by atoms with E-state index in [4.69, 9.17) is 14.6 Å². The molecular formula is C18H27N7O2. The first-order valence-electron chi connectivity index (χ1n) is 9.95. The number of rotatable bonds is 4. The molecule has 1 atom stereocenters. The number of fused-ring (bicyclic) bond motifs is 1. The summed E-state index contributed by atoms with van der Waals surface area (Å²) in [7, 11) is 0. The van der Waals surface area contributed by atoms with E-state index in [1.807, 2.05) is 0 Å². The number of carbonyl (C=O) groups excluding carboxylic acids is 1. The Morgan fingerprint density at radius 2 is 1.63 bits per heavy atom. The van der Waals surface area contributed by atoms with E-state index in [0.29, 0.717) is 23.8 Å². The van der Waals surface area contributed by atoms with Crippen LogP contribution in [0.15, 0.2) is 4.63 Å². The van der Waals surface area contributed by atoms with Crippen molar-refractivity contribution in [1.29, 1.82) is 0 Å². The minimum absolute atomic E-state index is 0.0206. The van der Waals surface area contributed by atoms with E-state index >= 15 is 0 Å². The molecule has 2 aromatic heterocycles. The van der Waals surface area contributed by atoms with Gasteiger partial charge in [0.1, 0.15) is 0 Å². The topological polar surface area (TPSA) is 100 Å². The van der Waals surface area contributed by atoms with Crippen LogP contribution in [0.2, 0.25) is 0 Å². The fraction of sp³-hybridized carbons (Fsp3) is 0.722. The highest BCUT2D eigenvalue weighted by atomic mass is 16.6. The van der Waals surface area contributed by atoms with Gasteiger partial charge in [0, 0.05) is 39.6 Å². The molecule has 1 N–H and O–H groups in total. The Balaban J connectivity index is 1.62. The Bertz CT molecular complexity index is 785. The van der Waals surface area contributed by atoms with Crippen molar-refractivity contribution >= 4 is 28.8 Å². The SMILES string of the molecule is CC(=O)NC[C@@H]1CCCN(c2nc3nonc3nc2N2CCCCCC2)C1. The number of carbonyl (C=O) groups is 1. The van der Waals surface area contributed by atoms with Crippen molar-refractivity contribution in [2.75, 3.05) is 42.5 Å². The number of nitrogens with zero attached hydrogens (tertiary/aromatic N) is 6. The maximum Gasteiger partial charge on any atom is 0.245 e. The molecule has 0 saturated carbocycles. The van der Waals surface area contributed by atoms with Gasteiger partial charge in [-0.3, -0.25) is 4.79 Å². The molecule has 2 saturated heterocycles. The lowest BCUT2D eigenvalue weighted by atomic mass is 9.98. The van der Waals surface area contributed by atoms with Crippen molar-refractivity contribution in [3.05, 3.63) is 0 Å². The van der Waals surface area contributed by atoms with Crippen molar-refractivity contribution in [3.8, 4) is 0 Å². The second kappa shape index (κ2) is 8.06. The van der Waals surface area contributed by atoms with Crippen molar-refractivity contribution in [3.63, 3.8) is 0 Å². The summed E-state index contributed by atoms with van der Waals surface area (Å²) in [6.45, 7) is 6.03. The summed E-state index contributed by atoms with van der Waals surface area (Å²) in [5, 5.41) is 10.7. The van der Waals surface area contributed by atoms with E-state index in [9.17, 15) is 4.79 Å². The van der Waals surface area contributed by atoms with Gasteiger partial charge in [-0.25, -0.2) is 14.6 Å². The highest BCUT2D eigenvalue weighted by Crippen LogP contribution is 2.32. The van der Waals surface area contributed by atoms with Gasteiger partial charge in [0.05, 0.1) is 0 Å². The third kappa shape index (κ3) is 4.12. The Morgan fingerprint density at radius 1 is 1.00 bits per heavy atom. The summed E-state index contributed by atoms with van der Waals surface area (Å²) in [5.41, 5.74) is 0.914. The molecule has 0 aromatic carbocycles. The number of amides is 1. The molecule has 9 heteroatoms. The molecule has 27 heavy (non-hydrogen) atoms. The van der Waals surface area contributed by atoms with E-state index in [1.165, 1.54) is 25.7 Å². The Hall–Kier alpha value is -2.45. The maximum absolute atomic E-state index is 11.3. The van der Waals surface area contributed by atoms with Crippen molar-refractivity contribution in [2.24, 2.45) is 5.92 Å². The van der Waals surface area contributed by atoms with E-state index in [-0.39, 0.29) is 5.91 Å². The van der Waals surface area contributed by atoms with E-state index < -0.39 is 0 Å². The smallest absolute Gasteiger partial charge is 0.245 e. The molecule has 0 aliphatic carbocycles. The van der Waals surface area contributed by atoms with Crippen molar-refractivity contribution in [1.82, 2.24) is 25.6 Å². The van der Waals surface area contributed by atoms with Gasteiger partial charge in [-0.2, -0.15) is 0 Å². The molecule has 0 bridgehead atoms. The average Bonchev–Trinajstić information content (AvgIpc) is 2.97. The molecule has 2 aliphatic rings. The van der Waals surface area contributed by atoms with Crippen LogP contribution in [0.3, 0.4) is 0 Å². The average molecular weight is 373 g/mol. The molecule has 2 aromatic rings. The number of hydrogen-bond acceptors (Lipinski definition) is 8. The van der Waals surface area contributed by atoms with Crippen LogP contribution in [0.5, 0.6) is 0 Å². The highest BCUT2D eigenvalue weighted by molar-refractivity contribution is 5.75. The molecule has 146 valence electrons. The first kappa shape index (κ1) is 17.9. The van der Waals surface area contributed by atoms with Gasteiger partial charge in [-0.05, 0) is 41.9 Å². The van der Waals surface area contributed by atoms with Gasteiger partial charge in [0.15, 0.2) is 11.6 Å². The van der Waals surface area contributed by atoms with Crippen LogP contribution in [-0.4, -0.2) is 58.9 Å².